The van der Waals surface area contributed by atoms with Crippen molar-refractivity contribution in [2.24, 2.45) is 0 Å². The lowest BCUT2D eigenvalue weighted by Gasteiger charge is -1.95. The Morgan fingerprint density at radius 1 is 1.64 bits per heavy atom. The Bertz CT molecular complexity index is 262. The second-order valence-corrected chi connectivity index (χ2v) is 2.31. The summed E-state index contributed by atoms with van der Waals surface area (Å²) in [5, 5.41) is -0.431. The van der Waals surface area contributed by atoms with E-state index in [9.17, 15) is 4.79 Å². The highest BCUT2D eigenvalue weighted by Gasteiger charge is 2.02. The van der Waals surface area contributed by atoms with Crippen LogP contribution in [0.3, 0.4) is 0 Å². The van der Waals surface area contributed by atoms with Gasteiger partial charge in [-0.1, -0.05) is 0 Å². The third-order valence-corrected chi connectivity index (χ3v) is 1.44. The smallest absolute Gasteiger partial charge is 0.252 e. The van der Waals surface area contributed by atoms with E-state index in [0.717, 1.165) is 5.56 Å². The summed E-state index contributed by atoms with van der Waals surface area (Å²) < 4.78 is 0. The van der Waals surface area contributed by atoms with Gasteiger partial charge >= 0.3 is 0 Å². The van der Waals surface area contributed by atoms with Crippen LogP contribution in [0, 0.1) is 6.92 Å². The van der Waals surface area contributed by atoms with Gasteiger partial charge in [0.25, 0.3) is 5.24 Å². The van der Waals surface area contributed by atoms with E-state index in [1.54, 1.807) is 25.4 Å². The number of hydrogen-bond donors (Lipinski definition) is 0. The van der Waals surface area contributed by atoms with Crippen LogP contribution in [0.25, 0.3) is 0 Å². The maximum Gasteiger partial charge on any atom is 0.252 e. The third kappa shape index (κ3) is 2.48. The number of carbonyl (C=O) groups is 1. The Labute approximate surface area is 76.0 Å². The van der Waals surface area contributed by atoms with E-state index in [1.807, 2.05) is 0 Å². The lowest BCUT2D eigenvalue weighted by molar-refractivity contribution is 0.108. The van der Waals surface area contributed by atoms with Gasteiger partial charge in [0.05, 0.1) is 0 Å². The summed E-state index contributed by atoms with van der Waals surface area (Å²) in [6.07, 6.45) is 3.15. The first-order valence-corrected chi connectivity index (χ1v) is 3.20. The van der Waals surface area contributed by atoms with Crippen molar-refractivity contribution in [2.45, 2.75) is 6.92 Å². The standard InChI is InChI=1S/C7H6ClNO.ClH/c1-5-4-9-3-2-6(5)7(8)10;/h2-4H,1H3;1H. The summed E-state index contributed by atoms with van der Waals surface area (Å²) >= 11 is 5.24. The molecule has 0 spiro atoms. The van der Waals surface area contributed by atoms with Crippen LogP contribution in [0.5, 0.6) is 0 Å². The molecule has 0 aromatic carbocycles. The van der Waals surface area contributed by atoms with E-state index in [0.29, 0.717) is 5.56 Å². The van der Waals surface area contributed by atoms with Crippen LogP contribution < -0.4 is 0 Å². The molecule has 0 atom stereocenters. The van der Waals surface area contributed by atoms with Crippen molar-refractivity contribution >= 4 is 29.3 Å². The predicted molar refractivity (Wildman–Crippen MR) is 46.4 cm³/mol. The van der Waals surface area contributed by atoms with E-state index in [4.69, 9.17) is 11.6 Å². The van der Waals surface area contributed by atoms with Gasteiger partial charge in [0, 0.05) is 18.0 Å². The summed E-state index contributed by atoms with van der Waals surface area (Å²) in [5.41, 5.74) is 1.33. The average Bonchev–Trinajstić information content (AvgIpc) is 1.88. The zero-order chi connectivity index (χ0) is 7.56. The molecule has 0 amide bonds. The number of halogens is 2. The summed E-state index contributed by atoms with van der Waals surface area (Å²) in [6, 6.07) is 1.60. The number of hydrogen-bond acceptors (Lipinski definition) is 2. The zero-order valence-electron chi connectivity index (χ0n) is 5.87. The second kappa shape index (κ2) is 4.31. The molecule has 11 heavy (non-hydrogen) atoms. The predicted octanol–water partition coefficient (Wildman–Crippen LogP) is 2.19. The molecule has 2 nitrogen and oxygen atoms in total. The number of aryl methyl sites for hydroxylation is 1. The van der Waals surface area contributed by atoms with E-state index in [2.05, 4.69) is 4.98 Å². The van der Waals surface area contributed by atoms with Gasteiger partial charge in [0.1, 0.15) is 0 Å². The van der Waals surface area contributed by atoms with Crippen LogP contribution in [0.2, 0.25) is 0 Å². The minimum absolute atomic E-state index is 0. The molecule has 0 aliphatic rings. The number of nitrogens with zero attached hydrogens (tertiary/aromatic N) is 1. The highest BCUT2D eigenvalue weighted by molar-refractivity contribution is 6.67. The first-order chi connectivity index (χ1) is 4.72. The Balaban J connectivity index is 0.000001000. The van der Waals surface area contributed by atoms with E-state index < -0.39 is 5.24 Å². The molecule has 1 rings (SSSR count). The maximum absolute atomic E-state index is 10.6. The summed E-state index contributed by atoms with van der Waals surface area (Å²) in [6.45, 7) is 1.79. The summed E-state index contributed by atoms with van der Waals surface area (Å²) in [4.78, 5) is 14.4. The molecule has 0 aliphatic heterocycles. The fraction of sp³-hybridized carbons (Fsp3) is 0.143. The molecular weight excluding hydrogens is 185 g/mol. The van der Waals surface area contributed by atoms with Gasteiger partial charge in [-0.3, -0.25) is 9.78 Å². The van der Waals surface area contributed by atoms with Gasteiger partial charge in [-0.25, -0.2) is 0 Å². The van der Waals surface area contributed by atoms with Crippen molar-refractivity contribution in [3.05, 3.63) is 29.6 Å². The fourth-order valence-electron chi connectivity index (χ4n) is 0.694. The van der Waals surface area contributed by atoms with Crippen LogP contribution in [-0.2, 0) is 0 Å². The molecule has 0 N–H and O–H groups in total. The van der Waals surface area contributed by atoms with Crippen LogP contribution >= 0.6 is 24.0 Å². The number of pyridine rings is 1. The Hall–Kier alpha value is -0.600. The molecule has 4 heteroatoms. The van der Waals surface area contributed by atoms with Gasteiger partial charge in [-0.15, -0.1) is 12.4 Å². The monoisotopic (exact) mass is 191 g/mol. The van der Waals surface area contributed by atoms with Crippen LogP contribution in [0.15, 0.2) is 18.5 Å². The quantitative estimate of drug-likeness (QED) is 0.638. The molecule has 60 valence electrons. The molecule has 0 bridgehead atoms. The lowest BCUT2D eigenvalue weighted by atomic mass is 10.2. The minimum Gasteiger partial charge on any atom is -0.276 e. The van der Waals surface area contributed by atoms with Crippen molar-refractivity contribution < 1.29 is 4.79 Å². The topological polar surface area (TPSA) is 30.0 Å². The Kier molecular flexibility index (Phi) is 4.08. The number of carbonyl (C=O) groups excluding carboxylic acids is 1. The highest BCUT2D eigenvalue weighted by atomic mass is 35.5. The first kappa shape index (κ1) is 10.4. The SMILES string of the molecule is Cc1cnccc1C(=O)Cl.Cl. The fourth-order valence-corrected chi connectivity index (χ4v) is 0.906. The zero-order valence-corrected chi connectivity index (χ0v) is 7.45. The van der Waals surface area contributed by atoms with Gasteiger partial charge in [-0.05, 0) is 30.2 Å². The highest BCUT2D eigenvalue weighted by Crippen LogP contribution is 2.07. The Morgan fingerprint density at radius 2 is 2.27 bits per heavy atom. The lowest BCUT2D eigenvalue weighted by Crippen LogP contribution is -1.92. The van der Waals surface area contributed by atoms with E-state index in [-0.39, 0.29) is 12.4 Å². The van der Waals surface area contributed by atoms with Gasteiger partial charge in [-0.2, -0.15) is 0 Å². The van der Waals surface area contributed by atoms with Crippen molar-refractivity contribution in [1.29, 1.82) is 0 Å². The molecule has 1 heterocycles. The van der Waals surface area contributed by atoms with Crippen molar-refractivity contribution in [1.82, 2.24) is 4.98 Å². The van der Waals surface area contributed by atoms with E-state index >= 15 is 0 Å². The van der Waals surface area contributed by atoms with Crippen molar-refractivity contribution in [3.8, 4) is 0 Å². The normalized spacial score (nSPS) is 8.55. The van der Waals surface area contributed by atoms with Gasteiger partial charge in [0.15, 0.2) is 0 Å². The Morgan fingerprint density at radius 3 is 2.64 bits per heavy atom. The van der Waals surface area contributed by atoms with Crippen LogP contribution in [0.1, 0.15) is 15.9 Å². The molecule has 0 fully saturated rings. The van der Waals surface area contributed by atoms with Crippen molar-refractivity contribution in [3.63, 3.8) is 0 Å². The molecule has 1 aromatic rings. The molecule has 0 saturated heterocycles. The molecule has 1 aromatic heterocycles. The first-order valence-electron chi connectivity index (χ1n) is 2.82. The van der Waals surface area contributed by atoms with Crippen molar-refractivity contribution in [2.75, 3.05) is 0 Å². The summed E-state index contributed by atoms with van der Waals surface area (Å²) in [7, 11) is 0. The third-order valence-electron chi connectivity index (χ3n) is 1.23. The maximum atomic E-state index is 10.6. The van der Waals surface area contributed by atoms with Gasteiger partial charge < -0.3 is 0 Å². The minimum atomic E-state index is -0.431. The molecule has 0 radical (unpaired) electrons. The molecule has 0 aliphatic carbocycles. The largest absolute Gasteiger partial charge is 0.276 e. The number of rotatable bonds is 1. The van der Waals surface area contributed by atoms with Gasteiger partial charge in [0.2, 0.25) is 0 Å². The van der Waals surface area contributed by atoms with Crippen LogP contribution in [-0.4, -0.2) is 10.2 Å². The van der Waals surface area contributed by atoms with E-state index in [1.165, 1.54) is 0 Å². The number of aromatic nitrogens is 1. The molecular formula is C7H7Cl2NO. The average molecular weight is 192 g/mol. The molecule has 0 unspecified atom stereocenters. The molecule has 0 saturated carbocycles. The second-order valence-electron chi connectivity index (χ2n) is 1.96. The van der Waals surface area contributed by atoms with Crippen LogP contribution in [0.4, 0.5) is 0 Å². The summed E-state index contributed by atoms with van der Waals surface area (Å²) in [5.74, 6) is 0.